The van der Waals surface area contributed by atoms with Gasteiger partial charge in [0.05, 0.1) is 0 Å². The summed E-state index contributed by atoms with van der Waals surface area (Å²) in [4.78, 5) is 8.77. The van der Waals surface area contributed by atoms with Gasteiger partial charge < -0.3 is 4.89 Å². The molecule has 0 radical (unpaired) electrons. The molecule has 0 aromatic heterocycles. The maximum Gasteiger partial charge on any atom is 1.00 e. The Labute approximate surface area is 53.6 Å². The predicted octanol–water partition coefficient (Wildman–Crippen LogP) is -3.59. The monoisotopic (exact) mass is 103 g/mol. The third kappa shape index (κ3) is 9.77. The summed E-state index contributed by atoms with van der Waals surface area (Å²) in [6.07, 6.45) is 0. The van der Waals surface area contributed by atoms with E-state index in [1.165, 1.54) is 0 Å². The zero-order valence-corrected chi connectivity index (χ0v) is 6.13. The Hall–Kier alpha value is 1.48. The molecule has 1 atom stereocenters. The zero-order valence-electron chi connectivity index (χ0n) is 2.32. The molecular formula is HNaOPS+. The Bertz CT molecular complexity index is 15.5. The second kappa shape index (κ2) is 8.82. The summed E-state index contributed by atoms with van der Waals surface area (Å²) in [5.41, 5.74) is 0. The molecule has 4 heteroatoms. The minimum Gasteiger partial charge on any atom is -0.621 e. The Kier molecular flexibility index (Phi) is 20.0. The van der Waals surface area contributed by atoms with Gasteiger partial charge in [0.1, 0.15) is 7.58 Å². The van der Waals surface area contributed by atoms with E-state index in [0.29, 0.717) is 0 Å². The van der Waals surface area contributed by atoms with Crippen molar-refractivity contribution in [2.75, 3.05) is 0 Å². The molecule has 0 spiro atoms. The molecule has 0 saturated carbocycles. The largest absolute Gasteiger partial charge is 1.00 e. The van der Waals surface area contributed by atoms with Gasteiger partial charge in [-0.3, -0.25) is 0 Å². The van der Waals surface area contributed by atoms with Crippen LogP contribution in [0.5, 0.6) is 0 Å². The van der Waals surface area contributed by atoms with Crippen molar-refractivity contribution in [2.24, 2.45) is 0 Å². The van der Waals surface area contributed by atoms with Gasteiger partial charge in [0.25, 0.3) is 0 Å². The van der Waals surface area contributed by atoms with Crippen LogP contribution in [0.4, 0.5) is 0 Å². The summed E-state index contributed by atoms with van der Waals surface area (Å²) in [6.45, 7) is 0. The maximum absolute atomic E-state index is 8.77. The van der Waals surface area contributed by atoms with Crippen LogP contribution in [0.1, 0.15) is 0 Å². The molecule has 0 aromatic carbocycles. The van der Waals surface area contributed by atoms with Crippen LogP contribution in [0.25, 0.3) is 0 Å². The van der Waals surface area contributed by atoms with Crippen LogP contribution in [-0.4, -0.2) is 0 Å². The number of hydrogen-bond donors (Lipinski definition) is 0. The summed E-state index contributed by atoms with van der Waals surface area (Å²) in [6, 6.07) is 0. The first-order chi connectivity index (χ1) is 1.41. The average molecular weight is 103 g/mol. The first-order valence-electron chi connectivity index (χ1n) is 0.408. The van der Waals surface area contributed by atoms with Crippen LogP contribution >= 0.6 is 7.58 Å². The fraction of sp³-hybridized carbons (Fsp3) is 0. The third-order valence-corrected chi connectivity index (χ3v) is 0. The van der Waals surface area contributed by atoms with Gasteiger partial charge in [0, 0.05) is 0 Å². The molecule has 0 rings (SSSR count). The topological polar surface area (TPSA) is 23.1 Å². The zero-order chi connectivity index (χ0) is 2.71. The maximum atomic E-state index is 8.77. The third-order valence-electron chi connectivity index (χ3n) is 0. The first kappa shape index (κ1) is 9.08. The van der Waals surface area contributed by atoms with Crippen molar-refractivity contribution in [3.8, 4) is 0 Å². The molecule has 18 valence electrons. The Balaban J connectivity index is 0. The number of rotatable bonds is 0. The van der Waals surface area contributed by atoms with Crippen molar-refractivity contribution in [1.29, 1.82) is 0 Å². The van der Waals surface area contributed by atoms with Gasteiger partial charge in [-0.25, -0.2) is 0 Å². The SMILES string of the molecule is [Na+].[O-][PH+]=S. The molecule has 4 heavy (non-hydrogen) atoms. The van der Waals surface area contributed by atoms with E-state index in [9.17, 15) is 0 Å². The minimum absolute atomic E-state index is 0. The summed E-state index contributed by atoms with van der Waals surface area (Å²) in [7, 11) is -0.583. The number of hydrogen-bond acceptors (Lipinski definition) is 2. The van der Waals surface area contributed by atoms with Crippen LogP contribution in [-0.2, 0) is 11.8 Å². The van der Waals surface area contributed by atoms with Crippen LogP contribution in [0.15, 0.2) is 0 Å². The van der Waals surface area contributed by atoms with Gasteiger partial charge in [-0.15, -0.1) is 0 Å². The summed E-state index contributed by atoms with van der Waals surface area (Å²) >= 11 is 3.87. The molecular weight excluding hydrogens is 102 g/mol. The van der Waals surface area contributed by atoms with E-state index in [2.05, 4.69) is 11.8 Å². The molecule has 0 heterocycles. The van der Waals surface area contributed by atoms with Crippen LogP contribution in [0, 0.1) is 0 Å². The molecule has 0 amide bonds. The Morgan fingerprint density at radius 1 is 1.75 bits per heavy atom. The molecule has 1 unspecified atom stereocenters. The second-order valence-electron chi connectivity index (χ2n) is 0.0833. The fourth-order valence-electron chi connectivity index (χ4n) is 0. The van der Waals surface area contributed by atoms with Crippen molar-refractivity contribution in [3.63, 3.8) is 0 Å². The van der Waals surface area contributed by atoms with E-state index < -0.39 is 7.58 Å². The van der Waals surface area contributed by atoms with Gasteiger partial charge in [-0.2, -0.15) is 0 Å². The van der Waals surface area contributed by atoms with E-state index in [-0.39, 0.29) is 29.6 Å². The Morgan fingerprint density at radius 3 is 1.75 bits per heavy atom. The summed E-state index contributed by atoms with van der Waals surface area (Å²) in [5, 5.41) is 0. The molecule has 0 aromatic rings. The quantitative estimate of drug-likeness (QED) is 0.233. The normalized spacial score (nSPS) is 5.25. The molecule has 0 aliphatic heterocycles. The van der Waals surface area contributed by atoms with Crippen LogP contribution in [0.3, 0.4) is 0 Å². The van der Waals surface area contributed by atoms with E-state index >= 15 is 0 Å². The second-order valence-corrected chi connectivity index (χ2v) is 0.750. The van der Waals surface area contributed by atoms with Gasteiger partial charge in [-0.1, -0.05) is 0 Å². The van der Waals surface area contributed by atoms with Crippen LogP contribution < -0.4 is 34.5 Å². The van der Waals surface area contributed by atoms with E-state index in [0.717, 1.165) is 0 Å². The smallest absolute Gasteiger partial charge is 0.621 e. The van der Waals surface area contributed by atoms with Crippen LogP contribution in [0.2, 0.25) is 0 Å². The van der Waals surface area contributed by atoms with Crippen molar-refractivity contribution in [3.05, 3.63) is 0 Å². The van der Waals surface area contributed by atoms with Gasteiger partial charge in [0.2, 0.25) is 0 Å². The van der Waals surface area contributed by atoms with Gasteiger partial charge in [-0.05, 0) is 0 Å². The molecule has 1 nitrogen and oxygen atoms in total. The first-order valence-corrected chi connectivity index (χ1v) is 2.45. The molecule has 0 aliphatic carbocycles. The molecule has 0 aliphatic rings. The Morgan fingerprint density at radius 2 is 1.75 bits per heavy atom. The van der Waals surface area contributed by atoms with Gasteiger partial charge in [0.15, 0.2) is 11.8 Å². The fourth-order valence-corrected chi connectivity index (χ4v) is 0. The molecule has 0 saturated heterocycles. The van der Waals surface area contributed by atoms with Crippen molar-refractivity contribution in [1.82, 2.24) is 0 Å². The van der Waals surface area contributed by atoms with Crippen molar-refractivity contribution < 1.29 is 34.5 Å². The van der Waals surface area contributed by atoms with Crippen molar-refractivity contribution >= 4 is 19.4 Å². The van der Waals surface area contributed by atoms with E-state index in [1.807, 2.05) is 0 Å². The average Bonchev–Trinajstić information content (AvgIpc) is 0.918. The molecule has 0 bridgehead atoms. The standard InChI is InChI=1S/Na.HOPS/c;1-2-3/h;2H/q+1;. The van der Waals surface area contributed by atoms with E-state index in [1.54, 1.807) is 0 Å². The summed E-state index contributed by atoms with van der Waals surface area (Å²) in [5.74, 6) is 0. The predicted molar refractivity (Wildman–Crippen MR) is 15.7 cm³/mol. The van der Waals surface area contributed by atoms with Crippen molar-refractivity contribution in [2.45, 2.75) is 0 Å². The minimum atomic E-state index is -0.583. The molecule has 0 fully saturated rings. The van der Waals surface area contributed by atoms with E-state index in [4.69, 9.17) is 4.89 Å². The van der Waals surface area contributed by atoms with Gasteiger partial charge >= 0.3 is 29.6 Å². The summed E-state index contributed by atoms with van der Waals surface area (Å²) < 4.78 is 0. The molecule has 0 N–H and O–H groups in total.